The van der Waals surface area contributed by atoms with E-state index in [2.05, 4.69) is 17.3 Å². The van der Waals surface area contributed by atoms with Crippen LogP contribution in [0.4, 0.5) is 11.4 Å². The summed E-state index contributed by atoms with van der Waals surface area (Å²) < 4.78 is 1.53. The van der Waals surface area contributed by atoms with Crippen LogP contribution < -0.4 is 11.1 Å². The molecule has 0 atom stereocenters. The molecule has 0 saturated heterocycles. The molecule has 0 saturated carbocycles. The summed E-state index contributed by atoms with van der Waals surface area (Å²) >= 11 is 0. The summed E-state index contributed by atoms with van der Waals surface area (Å²) in [6, 6.07) is 7.88. The van der Waals surface area contributed by atoms with Gasteiger partial charge in [0.05, 0.1) is 5.69 Å². The van der Waals surface area contributed by atoms with Gasteiger partial charge >= 0.3 is 0 Å². The number of nitrogen functional groups attached to an aromatic ring is 1. The van der Waals surface area contributed by atoms with Crippen molar-refractivity contribution in [2.75, 3.05) is 11.1 Å². The molecule has 1 amide bonds. The summed E-state index contributed by atoms with van der Waals surface area (Å²) in [6.45, 7) is 2.17. The van der Waals surface area contributed by atoms with Gasteiger partial charge in [0.1, 0.15) is 0 Å². The van der Waals surface area contributed by atoms with E-state index in [0.717, 1.165) is 12.1 Å². The fourth-order valence-corrected chi connectivity index (χ4v) is 2.01. The molecular weight excluding hydrogens is 252 g/mol. The van der Waals surface area contributed by atoms with E-state index in [-0.39, 0.29) is 11.6 Å². The zero-order valence-electron chi connectivity index (χ0n) is 11.9. The lowest BCUT2D eigenvalue weighted by Crippen LogP contribution is -2.14. The van der Waals surface area contributed by atoms with Crippen molar-refractivity contribution in [1.82, 2.24) is 9.78 Å². The monoisotopic (exact) mass is 272 g/mol. The zero-order valence-corrected chi connectivity index (χ0v) is 11.9. The Morgan fingerprint density at radius 2 is 2.05 bits per heavy atom. The third-order valence-corrected chi connectivity index (χ3v) is 3.10. The van der Waals surface area contributed by atoms with Crippen LogP contribution in [0.2, 0.25) is 0 Å². The van der Waals surface area contributed by atoms with Crippen LogP contribution in [0.5, 0.6) is 0 Å². The summed E-state index contributed by atoms with van der Waals surface area (Å²) in [6.07, 6.45) is 5.04. The largest absolute Gasteiger partial charge is 0.396 e. The second-order valence-electron chi connectivity index (χ2n) is 4.86. The first-order chi connectivity index (χ1) is 9.60. The Kier molecular flexibility index (Phi) is 4.40. The third kappa shape index (κ3) is 3.38. The molecular formula is C15H20N4O. The van der Waals surface area contributed by atoms with Gasteiger partial charge in [0.25, 0.3) is 5.91 Å². The molecule has 3 N–H and O–H groups in total. The van der Waals surface area contributed by atoms with Crippen LogP contribution in [0.25, 0.3) is 0 Å². The number of carbonyl (C=O) groups is 1. The summed E-state index contributed by atoms with van der Waals surface area (Å²) in [4.78, 5) is 12.0. The average Bonchev–Trinajstić information content (AvgIpc) is 2.77. The number of unbranched alkanes of at least 4 members (excludes halogenated alkanes) is 1. The molecule has 0 bridgehead atoms. The molecule has 0 aliphatic carbocycles. The molecule has 5 heteroatoms. The smallest absolute Gasteiger partial charge is 0.278 e. The lowest BCUT2D eigenvalue weighted by Gasteiger charge is -2.05. The molecule has 0 spiro atoms. The lowest BCUT2D eigenvalue weighted by molar-refractivity contribution is 0.102. The summed E-state index contributed by atoms with van der Waals surface area (Å²) in [5.41, 5.74) is 8.39. The number of nitrogens with one attached hydrogen (secondary N) is 1. The van der Waals surface area contributed by atoms with Gasteiger partial charge in [-0.15, -0.1) is 0 Å². The normalized spacial score (nSPS) is 10.5. The minimum atomic E-state index is -0.288. The second-order valence-corrected chi connectivity index (χ2v) is 4.86. The van der Waals surface area contributed by atoms with Crippen molar-refractivity contribution in [3.05, 3.63) is 41.7 Å². The van der Waals surface area contributed by atoms with Crippen LogP contribution in [0, 0.1) is 0 Å². The highest BCUT2D eigenvalue weighted by Crippen LogP contribution is 2.14. The number of hydrogen-bond donors (Lipinski definition) is 2. The van der Waals surface area contributed by atoms with E-state index in [1.807, 2.05) is 24.3 Å². The van der Waals surface area contributed by atoms with Gasteiger partial charge in [0.15, 0.2) is 5.69 Å². The molecule has 20 heavy (non-hydrogen) atoms. The molecule has 0 fully saturated rings. The molecule has 106 valence electrons. The van der Waals surface area contributed by atoms with Gasteiger partial charge < -0.3 is 11.1 Å². The molecule has 1 aromatic carbocycles. The number of hydrogen-bond acceptors (Lipinski definition) is 3. The van der Waals surface area contributed by atoms with Gasteiger partial charge in [-0.2, -0.15) is 5.10 Å². The number of aromatic nitrogens is 2. The SMILES string of the molecule is CCCCc1ccc(NC(=O)c2nn(C)cc2N)cc1. The number of amides is 1. The van der Waals surface area contributed by atoms with Crippen molar-refractivity contribution in [3.63, 3.8) is 0 Å². The van der Waals surface area contributed by atoms with Crippen LogP contribution in [0.1, 0.15) is 35.8 Å². The Balaban J connectivity index is 2.02. The maximum Gasteiger partial charge on any atom is 0.278 e. The van der Waals surface area contributed by atoms with E-state index < -0.39 is 0 Å². The van der Waals surface area contributed by atoms with Gasteiger partial charge in [0.2, 0.25) is 0 Å². The fraction of sp³-hybridized carbons (Fsp3) is 0.333. The minimum Gasteiger partial charge on any atom is -0.396 e. The van der Waals surface area contributed by atoms with Crippen molar-refractivity contribution in [1.29, 1.82) is 0 Å². The van der Waals surface area contributed by atoms with Crippen LogP contribution >= 0.6 is 0 Å². The Morgan fingerprint density at radius 3 is 2.60 bits per heavy atom. The van der Waals surface area contributed by atoms with Gasteiger partial charge in [-0.3, -0.25) is 9.48 Å². The predicted molar refractivity (Wildman–Crippen MR) is 80.6 cm³/mol. The van der Waals surface area contributed by atoms with Crippen molar-refractivity contribution < 1.29 is 4.79 Å². The minimum absolute atomic E-state index is 0.252. The van der Waals surface area contributed by atoms with Gasteiger partial charge in [0, 0.05) is 18.9 Å². The fourth-order valence-electron chi connectivity index (χ4n) is 2.01. The topological polar surface area (TPSA) is 72.9 Å². The highest BCUT2D eigenvalue weighted by molar-refractivity contribution is 6.06. The van der Waals surface area contributed by atoms with Crippen LogP contribution in [0.3, 0.4) is 0 Å². The molecule has 1 heterocycles. The number of carbonyl (C=O) groups excluding carboxylic acids is 1. The van der Waals surface area contributed by atoms with Crippen molar-refractivity contribution in [2.45, 2.75) is 26.2 Å². The summed E-state index contributed by atoms with van der Waals surface area (Å²) in [7, 11) is 1.73. The summed E-state index contributed by atoms with van der Waals surface area (Å²) in [5, 5.41) is 6.84. The van der Waals surface area contributed by atoms with Crippen molar-refractivity contribution in [2.24, 2.45) is 7.05 Å². The highest BCUT2D eigenvalue weighted by Gasteiger charge is 2.13. The molecule has 0 unspecified atom stereocenters. The highest BCUT2D eigenvalue weighted by atomic mass is 16.2. The number of aryl methyl sites for hydroxylation is 2. The van der Waals surface area contributed by atoms with Gasteiger partial charge in [-0.1, -0.05) is 25.5 Å². The second kappa shape index (κ2) is 6.23. The molecule has 1 aromatic heterocycles. The van der Waals surface area contributed by atoms with Crippen molar-refractivity contribution >= 4 is 17.3 Å². The number of nitrogens with zero attached hydrogens (tertiary/aromatic N) is 2. The Morgan fingerprint density at radius 1 is 1.35 bits per heavy atom. The molecule has 0 aliphatic rings. The molecule has 0 radical (unpaired) electrons. The number of benzene rings is 1. The maximum atomic E-state index is 12.0. The van der Waals surface area contributed by atoms with E-state index in [9.17, 15) is 4.79 Å². The Bertz CT molecular complexity index is 586. The zero-order chi connectivity index (χ0) is 14.5. The van der Waals surface area contributed by atoms with E-state index >= 15 is 0 Å². The van der Waals surface area contributed by atoms with Gasteiger partial charge in [-0.25, -0.2) is 0 Å². The quantitative estimate of drug-likeness (QED) is 0.878. The van der Waals surface area contributed by atoms with E-state index in [4.69, 9.17) is 5.73 Å². The van der Waals surface area contributed by atoms with Crippen LogP contribution in [-0.4, -0.2) is 15.7 Å². The maximum absolute atomic E-state index is 12.0. The Hall–Kier alpha value is -2.30. The molecule has 2 aromatic rings. The third-order valence-electron chi connectivity index (χ3n) is 3.10. The van der Waals surface area contributed by atoms with E-state index in [0.29, 0.717) is 5.69 Å². The molecule has 2 rings (SSSR count). The first-order valence-corrected chi connectivity index (χ1v) is 6.79. The van der Waals surface area contributed by atoms with Crippen LogP contribution in [-0.2, 0) is 13.5 Å². The summed E-state index contributed by atoms with van der Waals surface area (Å²) in [5.74, 6) is -0.288. The van der Waals surface area contributed by atoms with E-state index in [1.165, 1.54) is 23.1 Å². The first kappa shape index (κ1) is 14.1. The molecule has 0 aliphatic heterocycles. The van der Waals surface area contributed by atoms with Gasteiger partial charge in [-0.05, 0) is 30.5 Å². The number of anilines is 2. The molecule has 5 nitrogen and oxygen atoms in total. The average molecular weight is 272 g/mol. The number of nitrogens with two attached hydrogens (primary N) is 1. The van der Waals surface area contributed by atoms with Crippen molar-refractivity contribution in [3.8, 4) is 0 Å². The number of rotatable bonds is 5. The van der Waals surface area contributed by atoms with E-state index in [1.54, 1.807) is 13.2 Å². The lowest BCUT2D eigenvalue weighted by atomic mass is 10.1. The Labute approximate surface area is 118 Å². The standard InChI is InChI=1S/C15H20N4O/c1-3-4-5-11-6-8-12(9-7-11)17-15(20)14-13(16)10-19(2)18-14/h6-10H,3-5,16H2,1-2H3,(H,17,20). The first-order valence-electron chi connectivity index (χ1n) is 6.79. The predicted octanol–water partition coefficient (Wildman–Crippen LogP) is 2.60. The van der Waals surface area contributed by atoms with Crippen LogP contribution in [0.15, 0.2) is 30.5 Å².